The van der Waals surface area contributed by atoms with E-state index in [1.807, 2.05) is 24.3 Å². The van der Waals surface area contributed by atoms with E-state index in [4.69, 9.17) is 10.5 Å². The van der Waals surface area contributed by atoms with Gasteiger partial charge in [-0.3, -0.25) is 4.79 Å². The lowest BCUT2D eigenvalue weighted by Gasteiger charge is -2.31. The predicted octanol–water partition coefficient (Wildman–Crippen LogP) is 0.323. The molecule has 1 amide bonds. The summed E-state index contributed by atoms with van der Waals surface area (Å²) in [6.45, 7) is 1.02. The molecule has 22 heavy (non-hydrogen) atoms. The number of hydrogen-bond donors (Lipinski definition) is 2. The first-order chi connectivity index (χ1) is 10.6. The molecule has 1 fully saturated rings. The van der Waals surface area contributed by atoms with Gasteiger partial charge in [-0.15, -0.1) is 5.10 Å². The Morgan fingerprint density at radius 3 is 2.86 bits per heavy atom. The molecule has 2 aromatic rings. The molecule has 0 radical (unpaired) electrons. The molecule has 116 valence electrons. The molecule has 2 heterocycles. The van der Waals surface area contributed by atoms with Crippen LogP contribution in [0.4, 0.5) is 5.69 Å². The Morgan fingerprint density at radius 1 is 1.41 bits per heavy atom. The van der Waals surface area contributed by atoms with Crippen molar-refractivity contribution in [3.63, 3.8) is 0 Å². The van der Waals surface area contributed by atoms with E-state index in [-0.39, 0.29) is 5.91 Å². The number of tetrazole rings is 1. The summed E-state index contributed by atoms with van der Waals surface area (Å²) in [7, 11) is 1.76. The second-order valence-electron chi connectivity index (χ2n) is 5.43. The van der Waals surface area contributed by atoms with Gasteiger partial charge in [-0.25, -0.2) is 4.68 Å². The average Bonchev–Trinajstić information content (AvgIpc) is 2.94. The number of ether oxygens (including phenoxy) is 1. The quantitative estimate of drug-likeness (QED) is 0.845. The smallest absolute Gasteiger partial charge is 0.244 e. The SMILES string of the molecule is Cn1nnnc1-c1cccc(NC(=O)C2(N)CCOCC2)c1. The number of nitrogens with two attached hydrogens (primary N) is 1. The van der Waals surface area contributed by atoms with E-state index < -0.39 is 5.54 Å². The number of hydrogen-bond acceptors (Lipinski definition) is 6. The molecule has 1 aliphatic heterocycles. The van der Waals surface area contributed by atoms with Crippen LogP contribution in [0.3, 0.4) is 0 Å². The fourth-order valence-corrected chi connectivity index (χ4v) is 2.43. The van der Waals surface area contributed by atoms with Crippen molar-refractivity contribution in [3.8, 4) is 11.4 Å². The zero-order valence-electron chi connectivity index (χ0n) is 12.3. The summed E-state index contributed by atoms with van der Waals surface area (Å²) in [5.74, 6) is 0.439. The normalized spacial score (nSPS) is 17.2. The fourth-order valence-electron chi connectivity index (χ4n) is 2.43. The number of carbonyl (C=O) groups is 1. The van der Waals surface area contributed by atoms with Gasteiger partial charge in [-0.2, -0.15) is 0 Å². The van der Waals surface area contributed by atoms with E-state index in [2.05, 4.69) is 20.8 Å². The first-order valence-electron chi connectivity index (χ1n) is 7.09. The average molecular weight is 302 g/mol. The highest BCUT2D eigenvalue weighted by atomic mass is 16.5. The molecular weight excluding hydrogens is 284 g/mol. The van der Waals surface area contributed by atoms with Crippen molar-refractivity contribution in [2.75, 3.05) is 18.5 Å². The first kappa shape index (κ1) is 14.6. The van der Waals surface area contributed by atoms with E-state index in [0.29, 0.717) is 37.6 Å². The Bertz CT molecular complexity index is 677. The minimum atomic E-state index is -0.874. The fraction of sp³-hybridized carbons (Fsp3) is 0.429. The highest BCUT2D eigenvalue weighted by molar-refractivity contribution is 5.98. The third-order valence-electron chi connectivity index (χ3n) is 3.84. The first-order valence-corrected chi connectivity index (χ1v) is 7.09. The summed E-state index contributed by atoms with van der Waals surface area (Å²) in [5.41, 5.74) is 6.80. The van der Waals surface area contributed by atoms with Crippen LogP contribution in [0.25, 0.3) is 11.4 Å². The van der Waals surface area contributed by atoms with Crippen molar-refractivity contribution in [2.45, 2.75) is 18.4 Å². The molecule has 0 bridgehead atoms. The van der Waals surface area contributed by atoms with Gasteiger partial charge in [0.1, 0.15) is 5.54 Å². The van der Waals surface area contributed by atoms with Crippen LogP contribution < -0.4 is 11.1 Å². The molecular formula is C14H18N6O2. The highest BCUT2D eigenvalue weighted by Gasteiger charge is 2.35. The highest BCUT2D eigenvalue weighted by Crippen LogP contribution is 2.23. The van der Waals surface area contributed by atoms with Crippen LogP contribution in [0.15, 0.2) is 24.3 Å². The van der Waals surface area contributed by atoms with Crippen molar-refractivity contribution in [1.29, 1.82) is 0 Å². The van der Waals surface area contributed by atoms with Gasteiger partial charge in [-0.05, 0) is 35.4 Å². The number of nitrogens with zero attached hydrogens (tertiary/aromatic N) is 4. The monoisotopic (exact) mass is 302 g/mol. The number of amides is 1. The van der Waals surface area contributed by atoms with Crippen molar-refractivity contribution in [1.82, 2.24) is 20.2 Å². The van der Waals surface area contributed by atoms with Gasteiger partial charge in [-0.1, -0.05) is 12.1 Å². The van der Waals surface area contributed by atoms with Gasteiger partial charge in [0.2, 0.25) is 5.91 Å². The molecule has 0 saturated carbocycles. The Balaban J connectivity index is 1.78. The maximum absolute atomic E-state index is 12.4. The zero-order chi connectivity index (χ0) is 15.6. The van der Waals surface area contributed by atoms with Gasteiger partial charge >= 0.3 is 0 Å². The lowest BCUT2D eigenvalue weighted by atomic mass is 9.90. The second-order valence-corrected chi connectivity index (χ2v) is 5.43. The van der Waals surface area contributed by atoms with Crippen molar-refractivity contribution < 1.29 is 9.53 Å². The summed E-state index contributed by atoms with van der Waals surface area (Å²) in [4.78, 5) is 12.4. The summed E-state index contributed by atoms with van der Waals surface area (Å²) in [6.07, 6.45) is 1.04. The summed E-state index contributed by atoms with van der Waals surface area (Å²) < 4.78 is 6.83. The van der Waals surface area contributed by atoms with Crippen LogP contribution in [0.1, 0.15) is 12.8 Å². The molecule has 0 atom stereocenters. The van der Waals surface area contributed by atoms with E-state index in [9.17, 15) is 4.79 Å². The summed E-state index contributed by atoms with van der Waals surface area (Å²) in [5, 5.41) is 14.3. The maximum Gasteiger partial charge on any atom is 0.244 e. The Morgan fingerprint density at radius 2 is 2.18 bits per heavy atom. The predicted molar refractivity (Wildman–Crippen MR) is 79.8 cm³/mol. The van der Waals surface area contributed by atoms with Crippen LogP contribution in [0.2, 0.25) is 0 Å². The van der Waals surface area contributed by atoms with Crippen molar-refractivity contribution in [2.24, 2.45) is 12.8 Å². The van der Waals surface area contributed by atoms with Crippen LogP contribution in [0, 0.1) is 0 Å². The minimum absolute atomic E-state index is 0.191. The second kappa shape index (κ2) is 5.82. The number of rotatable bonds is 3. The molecule has 1 aromatic carbocycles. The van der Waals surface area contributed by atoms with Crippen LogP contribution in [-0.2, 0) is 16.6 Å². The Hall–Kier alpha value is -2.32. The van der Waals surface area contributed by atoms with Crippen molar-refractivity contribution in [3.05, 3.63) is 24.3 Å². The number of benzene rings is 1. The van der Waals surface area contributed by atoms with Crippen molar-refractivity contribution >= 4 is 11.6 Å². The summed E-state index contributed by atoms with van der Waals surface area (Å²) >= 11 is 0. The molecule has 3 N–H and O–H groups in total. The maximum atomic E-state index is 12.4. The molecule has 8 nitrogen and oxygen atoms in total. The number of anilines is 1. The molecule has 1 aromatic heterocycles. The van der Waals surface area contributed by atoms with Crippen LogP contribution in [0.5, 0.6) is 0 Å². The van der Waals surface area contributed by atoms with Gasteiger partial charge in [0.05, 0.1) is 0 Å². The van der Waals surface area contributed by atoms with Gasteiger partial charge in [0, 0.05) is 31.5 Å². The van der Waals surface area contributed by atoms with Gasteiger partial charge in [0.15, 0.2) is 5.82 Å². The van der Waals surface area contributed by atoms with E-state index in [1.165, 1.54) is 0 Å². The van der Waals surface area contributed by atoms with Gasteiger partial charge < -0.3 is 15.8 Å². The molecule has 8 heteroatoms. The lowest BCUT2D eigenvalue weighted by molar-refractivity contribution is -0.124. The largest absolute Gasteiger partial charge is 0.381 e. The van der Waals surface area contributed by atoms with Crippen LogP contribution >= 0.6 is 0 Å². The topological polar surface area (TPSA) is 108 Å². The number of nitrogens with one attached hydrogen (secondary N) is 1. The third kappa shape index (κ3) is 2.83. The lowest BCUT2D eigenvalue weighted by Crippen LogP contribution is -2.54. The Kier molecular flexibility index (Phi) is 3.86. The molecule has 1 aliphatic rings. The summed E-state index contributed by atoms with van der Waals surface area (Å²) in [6, 6.07) is 7.36. The number of aryl methyl sites for hydroxylation is 1. The van der Waals surface area contributed by atoms with Crippen LogP contribution in [-0.4, -0.2) is 44.9 Å². The molecule has 0 spiro atoms. The van der Waals surface area contributed by atoms with E-state index in [0.717, 1.165) is 5.56 Å². The zero-order valence-corrected chi connectivity index (χ0v) is 12.3. The molecule has 1 saturated heterocycles. The standard InChI is InChI=1S/C14H18N6O2/c1-20-12(17-18-19-20)10-3-2-4-11(9-10)16-13(21)14(15)5-7-22-8-6-14/h2-4,9H,5-8,15H2,1H3,(H,16,21). The Labute approximate surface area is 127 Å². The minimum Gasteiger partial charge on any atom is -0.381 e. The molecule has 0 unspecified atom stereocenters. The number of carbonyl (C=O) groups excluding carboxylic acids is 1. The van der Waals surface area contributed by atoms with E-state index in [1.54, 1.807) is 11.7 Å². The molecule has 3 rings (SSSR count). The number of aromatic nitrogens is 4. The van der Waals surface area contributed by atoms with E-state index >= 15 is 0 Å². The third-order valence-corrected chi connectivity index (χ3v) is 3.84. The molecule has 0 aliphatic carbocycles. The van der Waals surface area contributed by atoms with Gasteiger partial charge in [0.25, 0.3) is 0 Å².